The number of halogens is 1. The summed E-state index contributed by atoms with van der Waals surface area (Å²) in [7, 11) is 1.68. The standard InChI is InChI=1S/C21H24FNO2S2/c1-25-18-4-8-20(9-5-18)26-14-16-10-12-23(13-11-16)21(24)15-27-19-6-2-17(22)3-7-19/h2-9,16H,10-15H2,1H3. The SMILES string of the molecule is COc1ccc(SCC2CCN(C(=O)CSc3ccc(F)cc3)CC2)cc1. The molecule has 1 aliphatic heterocycles. The van der Waals surface area contributed by atoms with Crippen molar-refractivity contribution < 1.29 is 13.9 Å². The smallest absolute Gasteiger partial charge is 0.232 e. The first-order valence-corrected chi connectivity index (χ1v) is 11.0. The van der Waals surface area contributed by atoms with Gasteiger partial charge in [-0.15, -0.1) is 23.5 Å². The second-order valence-electron chi connectivity index (χ2n) is 6.55. The third-order valence-corrected chi connectivity index (χ3v) is 6.93. The maximum absolute atomic E-state index is 12.9. The first-order valence-electron chi connectivity index (χ1n) is 9.07. The molecule has 1 fully saturated rings. The van der Waals surface area contributed by atoms with E-state index in [4.69, 9.17) is 4.74 Å². The molecule has 2 aromatic rings. The molecule has 1 aliphatic rings. The predicted octanol–water partition coefficient (Wildman–Crippen LogP) is 4.96. The van der Waals surface area contributed by atoms with E-state index in [0.717, 1.165) is 42.3 Å². The Hall–Kier alpha value is -1.66. The maximum atomic E-state index is 12.9. The molecule has 0 spiro atoms. The van der Waals surface area contributed by atoms with Gasteiger partial charge in [0, 0.05) is 28.6 Å². The number of benzene rings is 2. The molecule has 144 valence electrons. The summed E-state index contributed by atoms with van der Waals surface area (Å²) in [6, 6.07) is 14.5. The summed E-state index contributed by atoms with van der Waals surface area (Å²) in [4.78, 5) is 16.5. The molecular formula is C21H24FNO2S2. The van der Waals surface area contributed by atoms with E-state index in [9.17, 15) is 9.18 Å². The number of thioether (sulfide) groups is 2. The molecule has 6 heteroatoms. The molecule has 3 rings (SSSR count). The molecule has 0 N–H and O–H groups in total. The highest BCUT2D eigenvalue weighted by atomic mass is 32.2. The molecule has 0 radical (unpaired) electrons. The number of carbonyl (C=O) groups excluding carboxylic acids is 1. The second-order valence-corrected chi connectivity index (χ2v) is 8.70. The summed E-state index contributed by atoms with van der Waals surface area (Å²) in [5.74, 6) is 2.94. The van der Waals surface area contributed by atoms with Crippen molar-refractivity contribution in [1.82, 2.24) is 4.90 Å². The zero-order valence-electron chi connectivity index (χ0n) is 15.4. The number of methoxy groups -OCH3 is 1. The van der Waals surface area contributed by atoms with Crippen LogP contribution in [0.4, 0.5) is 4.39 Å². The van der Waals surface area contributed by atoms with Gasteiger partial charge in [0.25, 0.3) is 0 Å². The molecule has 1 amide bonds. The van der Waals surface area contributed by atoms with Crippen LogP contribution in [-0.4, -0.2) is 42.5 Å². The molecule has 0 aromatic heterocycles. The summed E-state index contributed by atoms with van der Waals surface area (Å²) < 4.78 is 18.1. The maximum Gasteiger partial charge on any atom is 0.232 e. The number of hydrogen-bond donors (Lipinski definition) is 0. The van der Waals surface area contributed by atoms with Gasteiger partial charge in [0.05, 0.1) is 12.9 Å². The minimum absolute atomic E-state index is 0.172. The quantitative estimate of drug-likeness (QED) is 0.609. The van der Waals surface area contributed by atoms with Crippen molar-refractivity contribution in [2.45, 2.75) is 22.6 Å². The summed E-state index contributed by atoms with van der Waals surface area (Å²) in [5.41, 5.74) is 0. The largest absolute Gasteiger partial charge is 0.497 e. The van der Waals surface area contributed by atoms with Crippen molar-refractivity contribution in [3.8, 4) is 5.75 Å². The van der Waals surface area contributed by atoms with E-state index in [1.54, 1.807) is 19.2 Å². The van der Waals surface area contributed by atoms with E-state index in [1.165, 1.54) is 28.8 Å². The Morgan fingerprint density at radius 2 is 1.63 bits per heavy atom. The van der Waals surface area contributed by atoms with Crippen LogP contribution in [-0.2, 0) is 4.79 Å². The van der Waals surface area contributed by atoms with Gasteiger partial charge in [-0.3, -0.25) is 4.79 Å². The summed E-state index contributed by atoms with van der Waals surface area (Å²) in [6.45, 7) is 1.66. The van der Waals surface area contributed by atoms with Crippen LogP contribution in [0.5, 0.6) is 5.75 Å². The average molecular weight is 406 g/mol. The molecule has 0 aliphatic carbocycles. The number of ether oxygens (including phenoxy) is 1. The molecule has 2 aromatic carbocycles. The number of rotatable bonds is 7. The Labute approximate surface area is 168 Å². The highest BCUT2D eigenvalue weighted by Crippen LogP contribution is 2.28. The van der Waals surface area contributed by atoms with Crippen molar-refractivity contribution in [2.24, 2.45) is 5.92 Å². The Kier molecular flexibility index (Phi) is 7.47. The van der Waals surface area contributed by atoms with Crippen LogP contribution in [0, 0.1) is 11.7 Å². The van der Waals surface area contributed by atoms with Gasteiger partial charge in [-0.25, -0.2) is 4.39 Å². The van der Waals surface area contributed by atoms with Gasteiger partial charge in [-0.05, 0) is 67.3 Å². The van der Waals surface area contributed by atoms with Crippen LogP contribution in [0.2, 0.25) is 0 Å². The topological polar surface area (TPSA) is 29.5 Å². The monoisotopic (exact) mass is 405 g/mol. The number of piperidine rings is 1. The number of carbonyl (C=O) groups is 1. The van der Waals surface area contributed by atoms with Gasteiger partial charge in [-0.2, -0.15) is 0 Å². The van der Waals surface area contributed by atoms with E-state index in [2.05, 4.69) is 12.1 Å². The van der Waals surface area contributed by atoms with Gasteiger partial charge in [-0.1, -0.05) is 0 Å². The number of amides is 1. The van der Waals surface area contributed by atoms with Gasteiger partial charge in [0.15, 0.2) is 0 Å². The lowest BCUT2D eigenvalue weighted by molar-refractivity contribution is -0.129. The Morgan fingerprint density at radius 3 is 2.26 bits per heavy atom. The lowest BCUT2D eigenvalue weighted by Crippen LogP contribution is -2.39. The minimum Gasteiger partial charge on any atom is -0.497 e. The molecule has 1 saturated heterocycles. The average Bonchev–Trinajstić information content (AvgIpc) is 2.72. The van der Waals surface area contributed by atoms with Crippen molar-refractivity contribution in [3.63, 3.8) is 0 Å². The first-order chi connectivity index (χ1) is 13.1. The van der Waals surface area contributed by atoms with Crippen LogP contribution in [0.15, 0.2) is 58.3 Å². The second kappa shape index (κ2) is 10.0. The number of likely N-dealkylation sites (tertiary alicyclic amines) is 1. The molecule has 1 heterocycles. The zero-order chi connectivity index (χ0) is 19.1. The van der Waals surface area contributed by atoms with Crippen molar-refractivity contribution in [2.75, 3.05) is 31.7 Å². The fourth-order valence-electron chi connectivity index (χ4n) is 3.00. The Balaban J connectivity index is 1.37. The normalized spacial score (nSPS) is 15.0. The molecule has 0 unspecified atom stereocenters. The lowest BCUT2D eigenvalue weighted by atomic mass is 9.99. The summed E-state index contributed by atoms with van der Waals surface area (Å²) in [5, 5.41) is 0. The van der Waals surface area contributed by atoms with E-state index in [1.807, 2.05) is 28.8 Å². The van der Waals surface area contributed by atoms with Gasteiger partial charge < -0.3 is 9.64 Å². The fourth-order valence-corrected chi connectivity index (χ4v) is 4.89. The number of hydrogen-bond acceptors (Lipinski definition) is 4. The Bertz CT molecular complexity index is 729. The molecular weight excluding hydrogens is 381 g/mol. The summed E-state index contributed by atoms with van der Waals surface area (Å²) >= 11 is 3.34. The van der Waals surface area contributed by atoms with E-state index in [-0.39, 0.29) is 11.7 Å². The van der Waals surface area contributed by atoms with Gasteiger partial charge in [0.2, 0.25) is 5.91 Å². The lowest BCUT2D eigenvalue weighted by Gasteiger charge is -2.32. The molecule has 0 bridgehead atoms. The molecule has 3 nitrogen and oxygen atoms in total. The van der Waals surface area contributed by atoms with Gasteiger partial charge >= 0.3 is 0 Å². The predicted molar refractivity (Wildman–Crippen MR) is 110 cm³/mol. The molecule has 27 heavy (non-hydrogen) atoms. The molecule has 0 saturated carbocycles. The van der Waals surface area contributed by atoms with Crippen LogP contribution < -0.4 is 4.74 Å². The van der Waals surface area contributed by atoms with E-state index in [0.29, 0.717) is 11.7 Å². The summed E-state index contributed by atoms with van der Waals surface area (Å²) in [6.07, 6.45) is 2.10. The minimum atomic E-state index is -0.250. The zero-order valence-corrected chi connectivity index (χ0v) is 17.0. The van der Waals surface area contributed by atoms with Crippen molar-refractivity contribution >= 4 is 29.4 Å². The number of nitrogens with zero attached hydrogens (tertiary/aromatic N) is 1. The van der Waals surface area contributed by atoms with E-state index >= 15 is 0 Å². The first kappa shape index (κ1) is 20.1. The van der Waals surface area contributed by atoms with Crippen LogP contribution in [0.3, 0.4) is 0 Å². The van der Waals surface area contributed by atoms with Crippen molar-refractivity contribution in [3.05, 3.63) is 54.3 Å². The van der Waals surface area contributed by atoms with E-state index < -0.39 is 0 Å². The van der Waals surface area contributed by atoms with Crippen molar-refractivity contribution in [1.29, 1.82) is 0 Å². The van der Waals surface area contributed by atoms with Gasteiger partial charge in [0.1, 0.15) is 11.6 Å². The van der Waals surface area contributed by atoms with Crippen LogP contribution in [0.25, 0.3) is 0 Å². The van der Waals surface area contributed by atoms with Crippen LogP contribution in [0.1, 0.15) is 12.8 Å². The third kappa shape index (κ3) is 6.18. The Morgan fingerprint density at radius 1 is 1.04 bits per heavy atom. The highest BCUT2D eigenvalue weighted by Gasteiger charge is 2.22. The fraction of sp³-hybridized carbons (Fsp3) is 0.381. The molecule has 0 atom stereocenters. The highest BCUT2D eigenvalue weighted by molar-refractivity contribution is 8.00. The van der Waals surface area contributed by atoms with Crippen LogP contribution >= 0.6 is 23.5 Å². The third-order valence-electron chi connectivity index (χ3n) is 4.69.